The Hall–Kier alpha value is -5.79. The zero-order valence-electron chi connectivity index (χ0n) is 40.4. The van der Waals surface area contributed by atoms with Gasteiger partial charge in [0.15, 0.2) is 12.0 Å². The fraction of sp³-hybridized carbons (Fsp3) is 0.574. The molecule has 67 heavy (non-hydrogen) atoms. The molecule has 7 aliphatic rings. The molecule has 0 unspecified atom stereocenters. The summed E-state index contributed by atoms with van der Waals surface area (Å²) in [4.78, 5) is 24.5. The Morgan fingerprint density at radius 2 is 1.66 bits per heavy atom. The summed E-state index contributed by atoms with van der Waals surface area (Å²) in [7, 11) is 0. The molecule has 4 fully saturated rings. The van der Waals surface area contributed by atoms with Crippen LogP contribution in [0.1, 0.15) is 118 Å². The average molecular weight is 903 g/mol. The van der Waals surface area contributed by atoms with E-state index >= 15 is 0 Å². The Morgan fingerprint density at radius 1 is 0.881 bits per heavy atom. The second kappa shape index (κ2) is 18.7. The van der Waals surface area contributed by atoms with Crippen LogP contribution in [0, 0.1) is 60.7 Å². The number of benzene rings is 2. The van der Waals surface area contributed by atoms with E-state index in [0.29, 0.717) is 35.7 Å². The molecule has 350 valence electrons. The van der Waals surface area contributed by atoms with Gasteiger partial charge in [-0.1, -0.05) is 4.68 Å². The van der Waals surface area contributed by atoms with E-state index in [4.69, 9.17) is 9.84 Å². The summed E-state index contributed by atoms with van der Waals surface area (Å²) in [6, 6.07) is 17.7. The van der Waals surface area contributed by atoms with Gasteiger partial charge in [-0.25, -0.2) is 0 Å². The van der Waals surface area contributed by atoms with Gasteiger partial charge in [0, 0.05) is 93.8 Å². The standard InChI is InChI=1S/C54H68N11O2/c1-36-27-50-43(28-45(36)31-56)7-6-21-63(50)53-47-34-62(40(5)66)24-18-49(47)65(59-53)33-42-10-8-41(9-11-42)32-60-22-16-46(17-23-60)67-52-15-14-51(57-58-52)61-25-19-54(20-26-61)29-37(2)64(35-54)48-13-12-44(30-55)38(3)39(48)4/h12-15,27-28,33,37,41-42,46H,6-11,16-26,29,32,34-35H2,1-5H3/q+1/b65-33-/t37-,41?,42?/m0/s1. The molecule has 0 radical (unpaired) electrons. The van der Waals surface area contributed by atoms with Gasteiger partial charge >= 0.3 is 0 Å². The molecular formula is C54H68N11O2+. The number of piperidine rings is 2. The monoisotopic (exact) mass is 903 g/mol. The summed E-state index contributed by atoms with van der Waals surface area (Å²) in [6.45, 7) is 18.7. The molecule has 10 rings (SSSR count). The minimum absolute atomic E-state index is 0.109. The number of likely N-dealkylation sites (tertiary alicyclic amines) is 1. The highest BCUT2D eigenvalue weighted by atomic mass is 16.5. The van der Waals surface area contributed by atoms with Crippen LogP contribution < -0.4 is 19.4 Å². The minimum Gasteiger partial charge on any atom is -0.473 e. The number of anilines is 3. The van der Waals surface area contributed by atoms with Gasteiger partial charge in [0.05, 0.1) is 41.8 Å². The average Bonchev–Trinajstić information content (AvgIpc) is 3.86. The van der Waals surface area contributed by atoms with Crippen molar-refractivity contribution >= 4 is 35.2 Å². The number of carbonyl (C=O) groups is 1. The van der Waals surface area contributed by atoms with E-state index < -0.39 is 0 Å². The van der Waals surface area contributed by atoms with Crippen LogP contribution in [0.2, 0.25) is 0 Å². The second-order valence-corrected chi connectivity index (χ2v) is 21.0. The molecule has 13 nitrogen and oxygen atoms in total. The summed E-state index contributed by atoms with van der Waals surface area (Å²) in [5, 5.41) is 33.8. The number of carbonyl (C=O) groups excluding carboxylic acids is 1. The highest BCUT2D eigenvalue weighted by Crippen LogP contribution is 2.46. The predicted molar refractivity (Wildman–Crippen MR) is 263 cm³/mol. The van der Waals surface area contributed by atoms with Crippen LogP contribution in [0.15, 0.2) is 52.8 Å². The van der Waals surface area contributed by atoms with Crippen molar-refractivity contribution < 1.29 is 14.2 Å². The fourth-order valence-corrected chi connectivity index (χ4v) is 12.6. The SMILES string of the molecule is CC(=O)N1CCC2=C(C1)C(N1CCCc3cc(C#N)c(C)cc31)=N/[N+]2=C\C1CCC(CN2CCC(Oc3ccc(N4CCC5(CC4)C[C@H](C)N(c4ccc(C#N)c(C)c4C)C5)nn3)CC2)CC1. The summed E-state index contributed by atoms with van der Waals surface area (Å²) in [5.74, 6) is 3.83. The molecule has 2 aromatic carbocycles. The van der Waals surface area contributed by atoms with Gasteiger partial charge in [-0.2, -0.15) is 10.5 Å². The molecule has 13 heteroatoms. The number of rotatable bonds is 7. The van der Waals surface area contributed by atoms with Crippen LogP contribution >= 0.6 is 0 Å². The highest BCUT2D eigenvalue weighted by Gasteiger charge is 2.45. The zero-order valence-corrected chi connectivity index (χ0v) is 40.4. The maximum Gasteiger partial charge on any atom is 0.233 e. The van der Waals surface area contributed by atoms with E-state index in [1.165, 1.54) is 60.2 Å². The first-order valence-electron chi connectivity index (χ1n) is 25.2. The molecule has 7 heterocycles. The van der Waals surface area contributed by atoms with Crippen molar-refractivity contribution in [1.29, 1.82) is 10.5 Å². The number of ether oxygens (including phenoxy) is 1. The second-order valence-electron chi connectivity index (χ2n) is 21.0. The van der Waals surface area contributed by atoms with Crippen LogP contribution in [0.5, 0.6) is 5.88 Å². The number of aromatic nitrogens is 2. The van der Waals surface area contributed by atoms with Crippen LogP contribution in [-0.2, 0) is 11.2 Å². The van der Waals surface area contributed by atoms with Crippen molar-refractivity contribution in [2.75, 3.05) is 73.6 Å². The zero-order chi connectivity index (χ0) is 46.4. The molecule has 0 N–H and O–H groups in total. The lowest BCUT2D eigenvalue weighted by Crippen LogP contribution is -2.42. The van der Waals surface area contributed by atoms with Gasteiger partial charge in [-0.15, -0.1) is 10.2 Å². The number of hydrogen-bond donors (Lipinski definition) is 0. The van der Waals surface area contributed by atoms with E-state index in [0.717, 1.165) is 137 Å². The smallest absolute Gasteiger partial charge is 0.233 e. The third-order valence-corrected chi connectivity index (χ3v) is 16.7. The Morgan fingerprint density at radius 3 is 2.37 bits per heavy atom. The van der Waals surface area contributed by atoms with E-state index in [2.05, 4.69) is 97.9 Å². The molecule has 3 aromatic rings. The number of aryl methyl sites for hydroxylation is 2. The molecule has 1 aromatic heterocycles. The molecule has 0 bridgehead atoms. The number of hydrazone groups is 1. The molecule has 1 aliphatic carbocycles. The Balaban J connectivity index is 0.690. The number of amides is 1. The summed E-state index contributed by atoms with van der Waals surface area (Å²) < 4.78 is 8.61. The first-order chi connectivity index (χ1) is 32.5. The molecule has 1 atom stereocenters. The molecule has 3 saturated heterocycles. The predicted octanol–water partition coefficient (Wildman–Crippen LogP) is 8.05. The maximum absolute atomic E-state index is 12.6. The van der Waals surface area contributed by atoms with Crippen LogP contribution in [0.3, 0.4) is 0 Å². The lowest BCUT2D eigenvalue weighted by atomic mass is 9.77. The number of amidine groups is 1. The number of nitrogens with zero attached hydrogens (tertiary/aromatic N) is 11. The lowest BCUT2D eigenvalue weighted by molar-refractivity contribution is -0.479. The number of hydrogen-bond acceptors (Lipinski definition) is 11. The van der Waals surface area contributed by atoms with Gasteiger partial charge in [0.25, 0.3) is 0 Å². The van der Waals surface area contributed by atoms with E-state index in [-0.39, 0.29) is 12.0 Å². The molecule has 1 amide bonds. The van der Waals surface area contributed by atoms with Crippen LogP contribution in [0.4, 0.5) is 17.2 Å². The largest absolute Gasteiger partial charge is 0.473 e. The maximum atomic E-state index is 12.6. The third-order valence-electron chi connectivity index (χ3n) is 16.7. The molecule has 6 aliphatic heterocycles. The topological polar surface area (TPSA) is 131 Å². The Kier molecular flexibility index (Phi) is 12.6. The third kappa shape index (κ3) is 9.04. The summed E-state index contributed by atoms with van der Waals surface area (Å²) in [6.07, 6.45) is 15.6. The Bertz CT molecular complexity index is 2560. The van der Waals surface area contributed by atoms with Crippen molar-refractivity contribution in [3.8, 4) is 18.0 Å². The van der Waals surface area contributed by atoms with Gasteiger partial charge in [-0.3, -0.25) is 4.79 Å². The first-order valence-corrected chi connectivity index (χ1v) is 25.2. The molecular weight excluding hydrogens is 835 g/mol. The molecule has 1 spiro atoms. The first kappa shape index (κ1) is 45.0. The highest BCUT2D eigenvalue weighted by molar-refractivity contribution is 6.11. The van der Waals surface area contributed by atoms with Crippen molar-refractivity contribution in [2.45, 2.75) is 124 Å². The van der Waals surface area contributed by atoms with Gasteiger partial charge in [0.2, 0.25) is 23.3 Å². The van der Waals surface area contributed by atoms with Crippen molar-refractivity contribution in [1.82, 2.24) is 20.0 Å². The van der Waals surface area contributed by atoms with E-state index in [9.17, 15) is 15.3 Å². The normalized spacial score (nSPS) is 25.0. The van der Waals surface area contributed by atoms with Crippen molar-refractivity contribution in [3.05, 3.63) is 81.0 Å². The number of nitriles is 2. The van der Waals surface area contributed by atoms with Crippen LogP contribution in [0.25, 0.3) is 0 Å². The van der Waals surface area contributed by atoms with Gasteiger partial charge in [0.1, 0.15) is 6.10 Å². The summed E-state index contributed by atoms with van der Waals surface area (Å²) in [5.41, 5.74) is 11.2. The van der Waals surface area contributed by atoms with Crippen molar-refractivity contribution in [3.63, 3.8) is 0 Å². The van der Waals surface area contributed by atoms with E-state index in [1.54, 1.807) is 6.92 Å². The molecule has 1 saturated carbocycles. The quantitative estimate of drug-likeness (QED) is 0.215. The van der Waals surface area contributed by atoms with Crippen molar-refractivity contribution in [2.24, 2.45) is 22.4 Å². The number of fused-ring (bicyclic) bond motifs is 1. The van der Waals surface area contributed by atoms with Gasteiger partial charge in [-0.05, 0) is 162 Å². The lowest BCUT2D eigenvalue weighted by Gasteiger charge is -2.40. The van der Waals surface area contributed by atoms with Gasteiger partial charge < -0.3 is 29.2 Å². The Labute approximate surface area is 397 Å². The van der Waals surface area contributed by atoms with E-state index in [1.807, 2.05) is 24.0 Å². The minimum atomic E-state index is 0.109. The van der Waals surface area contributed by atoms with Crippen LogP contribution in [-0.4, -0.2) is 114 Å². The fourth-order valence-electron chi connectivity index (χ4n) is 12.6. The summed E-state index contributed by atoms with van der Waals surface area (Å²) >= 11 is 0.